The summed E-state index contributed by atoms with van der Waals surface area (Å²) in [7, 11) is 0. The second-order valence-corrected chi connectivity index (χ2v) is 3.39. The molecule has 0 aromatic carbocycles. The van der Waals surface area contributed by atoms with Crippen LogP contribution in [0.3, 0.4) is 0 Å². The first kappa shape index (κ1) is 7.68. The molecule has 0 aliphatic heterocycles. The molecule has 0 saturated heterocycles. The van der Waals surface area contributed by atoms with Crippen LogP contribution in [-0.2, 0) is 5.41 Å². The topological polar surface area (TPSA) is 51.8 Å². The largest absolute Gasteiger partial charge is 0.330 e. The minimum Gasteiger partial charge on any atom is -0.330 e. The van der Waals surface area contributed by atoms with Gasteiger partial charge in [0.2, 0.25) is 0 Å². The molecule has 12 heavy (non-hydrogen) atoms. The maximum Gasteiger partial charge on any atom is 0.134 e. The first-order chi connectivity index (χ1) is 5.87. The lowest BCUT2D eigenvalue weighted by Crippen LogP contribution is -2.16. The van der Waals surface area contributed by atoms with Gasteiger partial charge in [-0.05, 0) is 31.9 Å². The van der Waals surface area contributed by atoms with E-state index in [-0.39, 0.29) is 5.41 Å². The van der Waals surface area contributed by atoms with E-state index in [0.29, 0.717) is 0 Å². The summed E-state index contributed by atoms with van der Waals surface area (Å²) in [5, 5.41) is 0. The van der Waals surface area contributed by atoms with Gasteiger partial charge in [-0.2, -0.15) is 0 Å². The average molecular weight is 163 g/mol. The molecular formula is C9H13N3. The molecule has 1 aromatic heterocycles. The Balaban J connectivity index is 2.19. The summed E-state index contributed by atoms with van der Waals surface area (Å²) in [6.07, 6.45) is 7.04. The molecule has 0 atom stereocenters. The van der Waals surface area contributed by atoms with Gasteiger partial charge in [0.25, 0.3) is 0 Å². The van der Waals surface area contributed by atoms with Gasteiger partial charge in [0, 0.05) is 17.8 Å². The van der Waals surface area contributed by atoms with Crippen molar-refractivity contribution in [1.29, 1.82) is 0 Å². The molecule has 2 N–H and O–H groups in total. The van der Waals surface area contributed by atoms with Crippen molar-refractivity contribution in [3.63, 3.8) is 0 Å². The van der Waals surface area contributed by atoms with Gasteiger partial charge >= 0.3 is 0 Å². The van der Waals surface area contributed by atoms with Crippen LogP contribution >= 0.6 is 0 Å². The standard InChI is InChI=1S/C9H13N3/c10-5-4-9(2-3-9)8-11-6-1-7-12-8/h1,6-7H,2-5,10H2. The Hall–Kier alpha value is -0.960. The Morgan fingerprint density at radius 1 is 1.33 bits per heavy atom. The number of aromatic nitrogens is 2. The molecule has 1 aromatic rings. The monoisotopic (exact) mass is 163 g/mol. The Labute approximate surface area is 72.0 Å². The zero-order valence-corrected chi connectivity index (χ0v) is 7.03. The van der Waals surface area contributed by atoms with Gasteiger partial charge in [-0.25, -0.2) is 9.97 Å². The fourth-order valence-electron chi connectivity index (χ4n) is 1.59. The predicted octanol–water partition coefficient (Wildman–Crippen LogP) is 0.857. The summed E-state index contributed by atoms with van der Waals surface area (Å²) in [4.78, 5) is 8.53. The molecular weight excluding hydrogens is 150 g/mol. The van der Waals surface area contributed by atoms with Gasteiger partial charge < -0.3 is 5.73 Å². The van der Waals surface area contributed by atoms with Gasteiger partial charge in [-0.15, -0.1) is 0 Å². The molecule has 1 saturated carbocycles. The minimum atomic E-state index is 0.246. The summed E-state index contributed by atoms with van der Waals surface area (Å²) in [5.41, 5.74) is 5.78. The average Bonchev–Trinajstić information content (AvgIpc) is 2.88. The van der Waals surface area contributed by atoms with E-state index < -0.39 is 0 Å². The maximum absolute atomic E-state index is 5.54. The quantitative estimate of drug-likeness (QED) is 0.719. The molecule has 1 fully saturated rings. The third kappa shape index (κ3) is 1.20. The number of hydrogen-bond donors (Lipinski definition) is 1. The second-order valence-electron chi connectivity index (χ2n) is 3.39. The van der Waals surface area contributed by atoms with E-state index >= 15 is 0 Å². The smallest absolute Gasteiger partial charge is 0.134 e. The lowest BCUT2D eigenvalue weighted by Gasteiger charge is -2.10. The van der Waals surface area contributed by atoms with Crippen molar-refractivity contribution in [2.24, 2.45) is 5.73 Å². The molecule has 0 amide bonds. The van der Waals surface area contributed by atoms with Crippen LogP contribution in [0.5, 0.6) is 0 Å². The summed E-state index contributed by atoms with van der Waals surface area (Å²) >= 11 is 0. The Bertz CT molecular complexity index is 254. The Morgan fingerprint density at radius 2 is 2.00 bits per heavy atom. The molecule has 64 valence electrons. The first-order valence-electron chi connectivity index (χ1n) is 4.35. The number of nitrogens with two attached hydrogens (primary N) is 1. The number of hydrogen-bond acceptors (Lipinski definition) is 3. The van der Waals surface area contributed by atoms with Crippen LogP contribution in [0, 0.1) is 0 Å². The van der Waals surface area contributed by atoms with Crippen molar-refractivity contribution in [1.82, 2.24) is 9.97 Å². The van der Waals surface area contributed by atoms with Crippen molar-refractivity contribution in [2.75, 3.05) is 6.54 Å². The summed E-state index contributed by atoms with van der Waals surface area (Å²) < 4.78 is 0. The van der Waals surface area contributed by atoms with Crippen LogP contribution in [0.25, 0.3) is 0 Å². The fourth-order valence-corrected chi connectivity index (χ4v) is 1.59. The van der Waals surface area contributed by atoms with E-state index in [1.807, 2.05) is 6.07 Å². The minimum absolute atomic E-state index is 0.246. The van der Waals surface area contributed by atoms with E-state index in [1.54, 1.807) is 12.4 Å². The third-order valence-electron chi connectivity index (χ3n) is 2.52. The van der Waals surface area contributed by atoms with Crippen LogP contribution in [0.4, 0.5) is 0 Å². The molecule has 1 heterocycles. The van der Waals surface area contributed by atoms with Gasteiger partial charge in [-0.1, -0.05) is 0 Å². The predicted molar refractivity (Wildman–Crippen MR) is 46.6 cm³/mol. The van der Waals surface area contributed by atoms with E-state index in [1.165, 1.54) is 12.8 Å². The summed E-state index contributed by atoms with van der Waals surface area (Å²) in [5.74, 6) is 0.982. The maximum atomic E-state index is 5.54. The lowest BCUT2D eigenvalue weighted by molar-refractivity contribution is 0.588. The van der Waals surface area contributed by atoms with Crippen LogP contribution in [-0.4, -0.2) is 16.5 Å². The molecule has 0 bridgehead atoms. The van der Waals surface area contributed by atoms with Crippen molar-refractivity contribution < 1.29 is 0 Å². The van der Waals surface area contributed by atoms with Crippen molar-refractivity contribution >= 4 is 0 Å². The molecule has 2 rings (SSSR count). The highest BCUT2D eigenvalue weighted by Crippen LogP contribution is 2.48. The van der Waals surface area contributed by atoms with Gasteiger partial charge in [0.1, 0.15) is 5.82 Å². The number of nitrogens with zero attached hydrogens (tertiary/aromatic N) is 2. The fraction of sp³-hybridized carbons (Fsp3) is 0.556. The lowest BCUT2D eigenvalue weighted by atomic mass is 10.0. The molecule has 0 unspecified atom stereocenters. The normalized spacial score (nSPS) is 19.1. The van der Waals surface area contributed by atoms with Crippen LogP contribution in [0.2, 0.25) is 0 Å². The highest BCUT2D eigenvalue weighted by Gasteiger charge is 2.45. The van der Waals surface area contributed by atoms with E-state index in [2.05, 4.69) is 9.97 Å². The van der Waals surface area contributed by atoms with E-state index in [0.717, 1.165) is 18.8 Å². The van der Waals surface area contributed by atoms with Crippen molar-refractivity contribution in [3.05, 3.63) is 24.3 Å². The zero-order valence-electron chi connectivity index (χ0n) is 7.03. The summed E-state index contributed by atoms with van der Waals surface area (Å²) in [6.45, 7) is 0.734. The Morgan fingerprint density at radius 3 is 2.50 bits per heavy atom. The van der Waals surface area contributed by atoms with Gasteiger partial charge in [-0.3, -0.25) is 0 Å². The van der Waals surface area contributed by atoms with E-state index in [4.69, 9.17) is 5.73 Å². The molecule has 1 aliphatic rings. The van der Waals surface area contributed by atoms with Crippen molar-refractivity contribution in [3.8, 4) is 0 Å². The Kier molecular flexibility index (Phi) is 1.81. The molecule has 0 radical (unpaired) electrons. The molecule has 0 spiro atoms. The SMILES string of the molecule is NCCC1(c2ncccn2)CC1. The molecule has 3 nitrogen and oxygen atoms in total. The third-order valence-corrected chi connectivity index (χ3v) is 2.52. The number of rotatable bonds is 3. The first-order valence-corrected chi connectivity index (χ1v) is 4.35. The zero-order chi connectivity index (χ0) is 8.44. The molecule has 1 aliphatic carbocycles. The molecule has 3 heteroatoms. The van der Waals surface area contributed by atoms with Gasteiger partial charge in [0.15, 0.2) is 0 Å². The van der Waals surface area contributed by atoms with E-state index in [9.17, 15) is 0 Å². The van der Waals surface area contributed by atoms with Crippen LogP contribution in [0.15, 0.2) is 18.5 Å². The highest BCUT2D eigenvalue weighted by atomic mass is 14.9. The van der Waals surface area contributed by atoms with Crippen molar-refractivity contribution in [2.45, 2.75) is 24.7 Å². The summed E-state index contributed by atoms with van der Waals surface area (Å²) in [6, 6.07) is 1.85. The highest BCUT2D eigenvalue weighted by molar-refractivity contribution is 5.17. The van der Waals surface area contributed by atoms with Crippen LogP contribution in [0.1, 0.15) is 25.1 Å². The second kappa shape index (κ2) is 2.83. The van der Waals surface area contributed by atoms with Gasteiger partial charge in [0.05, 0.1) is 0 Å². The van der Waals surface area contributed by atoms with Crippen LogP contribution < -0.4 is 5.73 Å².